The highest BCUT2D eigenvalue weighted by atomic mass is 79.9. The minimum Gasteiger partial charge on any atom is -0.258 e. The van der Waals surface area contributed by atoms with Gasteiger partial charge in [0, 0.05) is 6.20 Å². The van der Waals surface area contributed by atoms with Crippen molar-refractivity contribution in [1.82, 2.24) is 4.98 Å². The van der Waals surface area contributed by atoms with Gasteiger partial charge in [-0.25, -0.2) is 22.3 Å². The molecule has 0 aliphatic heterocycles. The van der Waals surface area contributed by atoms with Gasteiger partial charge >= 0.3 is 5.69 Å². The predicted molar refractivity (Wildman–Crippen MR) is 54.9 cm³/mol. The highest BCUT2D eigenvalue weighted by molar-refractivity contribution is 9.10. The largest absolute Gasteiger partial charge is 0.307 e. The van der Waals surface area contributed by atoms with Gasteiger partial charge in [-0.1, -0.05) is 0 Å². The molecule has 0 saturated carbocycles. The molecule has 0 unspecified atom stereocenters. The Morgan fingerprint density at radius 1 is 1.53 bits per heavy atom. The van der Waals surface area contributed by atoms with E-state index in [1.165, 1.54) is 0 Å². The molecule has 11 heteroatoms. The Morgan fingerprint density at radius 3 is 2.41 bits per heavy atom. The van der Waals surface area contributed by atoms with Gasteiger partial charge in [0.1, 0.15) is 10.2 Å². The maximum Gasteiger partial charge on any atom is 0.307 e. The summed E-state index contributed by atoms with van der Waals surface area (Å²) >= 11 is 2.65. The molecule has 0 saturated heterocycles. The number of primary sulfonamides is 1. The van der Waals surface area contributed by atoms with Crippen LogP contribution in [0.15, 0.2) is 15.6 Å². The number of rotatable bonds is 3. The van der Waals surface area contributed by atoms with Crippen molar-refractivity contribution in [3.63, 3.8) is 0 Å². The maximum atomic E-state index is 12.5. The lowest BCUT2D eigenvalue weighted by Gasteiger charge is -2.07. The van der Waals surface area contributed by atoms with E-state index >= 15 is 0 Å². The third-order valence-corrected chi connectivity index (χ3v) is 3.22. The fraction of sp³-hybridized carbons (Fsp3) is 0.167. The average Bonchev–Trinajstić information content (AvgIpc) is 2.14. The van der Waals surface area contributed by atoms with Crippen LogP contribution in [-0.2, 0) is 10.0 Å². The first-order valence-electron chi connectivity index (χ1n) is 3.80. The van der Waals surface area contributed by atoms with Crippen LogP contribution in [-0.4, -0.2) is 18.3 Å². The zero-order chi connectivity index (χ0) is 13.4. The average molecular weight is 332 g/mol. The van der Waals surface area contributed by atoms with Gasteiger partial charge in [0.2, 0.25) is 10.0 Å². The monoisotopic (exact) mass is 331 g/mol. The molecule has 1 rings (SSSR count). The number of hydrogen-bond donors (Lipinski definition) is 1. The third kappa shape index (κ3) is 2.73. The fourth-order valence-corrected chi connectivity index (χ4v) is 2.55. The van der Waals surface area contributed by atoms with Crippen molar-refractivity contribution in [3.05, 3.63) is 26.5 Å². The predicted octanol–water partition coefficient (Wildman–Crippen LogP) is 1.34. The van der Waals surface area contributed by atoms with Crippen molar-refractivity contribution in [2.45, 2.75) is 11.3 Å². The molecule has 94 valence electrons. The van der Waals surface area contributed by atoms with Crippen LogP contribution in [0, 0.1) is 10.1 Å². The molecule has 1 aromatic heterocycles. The number of nitro groups is 1. The van der Waals surface area contributed by atoms with Gasteiger partial charge in [-0.2, -0.15) is 0 Å². The van der Waals surface area contributed by atoms with Crippen molar-refractivity contribution in [2.75, 3.05) is 0 Å². The smallest absolute Gasteiger partial charge is 0.258 e. The van der Waals surface area contributed by atoms with Crippen molar-refractivity contribution in [2.24, 2.45) is 5.14 Å². The van der Waals surface area contributed by atoms with Gasteiger partial charge in [0.05, 0.1) is 4.92 Å². The third-order valence-electron chi connectivity index (χ3n) is 1.66. The summed E-state index contributed by atoms with van der Waals surface area (Å²) in [5.41, 5.74) is -2.31. The summed E-state index contributed by atoms with van der Waals surface area (Å²) in [6, 6.07) is 0. The van der Waals surface area contributed by atoms with Crippen molar-refractivity contribution in [1.29, 1.82) is 0 Å². The molecule has 0 fully saturated rings. The maximum absolute atomic E-state index is 12.5. The quantitative estimate of drug-likeness (QED) is 0.662. The summed E-state index contributed by atoms with van der Waals surface area (Å²) in [5, 5.41) is 15.3. The van der Waals surface area contributed by atoms with Gasteiger partial charge in [0.25, 0.3) is 6.43 Å². The summed E-state index contributed by atoms with van der Waals surface area (Å²) in [4.78, 5) is 11.4. The van der Waals surface area contributed by atoms with E-state index in [-0.39, 0.29) is 4.47 Å². The second-order valence-electron chi connectivity index (χ2n) is 2.77. The van der Waals surface area contributed by atoms with Crippen LogP contribution in [0.2, 0.25) is 0 Å². The zero-order valence-corrected chi connectivity index (χ0v) is 10.2. The Bertz CT molecular complexity index is 577. The topological polar surface area (TPSA) is 116 Å². The van der Waals surface area contributed by atoms with Crippen LogP contribution >= 0.6 is 15.9 Å². The van der Waals surface area contributed by atoms with E-state index in [0.29, 0.717) is 6.20 Å². The van der Waals surface area contributed by atoms with Crippen molar-refractivity contribution < 1.29 is 22.1 Å². The lowest BCUT2D eigenvalue weighted by atomic mass is 10.3. The summed E-state index contributed by atoms with van der Waals surface area (Å²) in [7, 11) is -4.69. The Kier molecular flexibility index (Phi) is 3.74. The molecular weight excluding hydrogens is 328 g/mol. The number of alkyl halides is 2. The van der Waals surface area contributed by atoms with Crippen LogP contribution in [0.3, 0.4) is 0 Å². The van der Waals surface area contributed by atoms with E-state index in [1.807, 2.05) is 0 Å². The standard InChI is InChI=1S/C6H4BrF2N3O4S/c7-2-1-11-3(6(8)9)5(17(10,15)16)4(2)12(13)14/h1,6H,(H2,10,15,16). The Labute approximate surface area is 102 Å². The molecule has 2 N–H and O–H groups in total. The normalized spacial score (nSPS) is 11.8. The van der Waals surface area contributed by atoms with Crippen LogP contribution in [0.5, 0.6) is 0 Å². The first-order valence-corrected chi connectivity index (χ1v) is 6.14. The van der Waals surface area contributed by atoms with Gasteiger partial charge in [-0.05, 0) is 15.9 Å². The van der Waals surface area contributed by atoms with Crippen molar-refractivity contribution in [3.8, 4) is 0 Å². The van der Waals surface area contributed by atoms with E-state index in [2.05, 4.69) is 26.1 Å². The number of halogens is 3. The minimum atomic E-state index is -4.69. The number of nitrogens with zero attached hydrogens (tertiary/aromatic N) is 2. The first-order chi connectivity index (χ1) is 7.66. The van der Waals surface area contributed by atoms with Crippen LogP contribution in [0.25, 0.3) is 0 Å². The number of sulfonamides is 1. The van der Waals surface area contributed by atoms with Crippen LogP contribution in [0.4, 0.5) is 14.5 Å². The minimum absolute atomic E-state index is 0.351. The Balaban J connectivity index is 3.82. The molecule has 0 aliphatic rings. The lowest BCUT2D eigenvalue weighted by molar-refractivity contribution is -0.388. The molecule has 0 radical (unpaired) electrons. The van der Waals surface area contributed by atoms with E-state index in [0.717, 1.165) is 0 Å². The molecule has 0 bridgehead atoms. The number of aromatic nitrogens is 1. The van der Waals surface area contributed by atoms with Crippen LogP contribution in [0.1, 0.15) is 12.1 Å². The molecule has 0 amide bonds. The summed E-state index contributed by atoms with van der Waals surface area (Å²) in [5.74, 6) is 0. The van der Waals surface area contributed by atoms with E-state index in [4.69, 9.17) is 0 Å². The molecule has 1 heterocycles. The Hall–Kier alpha value is -1.20. The summed E-state index contributed by atoms with van der Waals surface area (Å²) in [6.07, 6.45) is -2.58. The van der Waals surface area contributed by atoms with Gasteiger partial charge < -0.3 is 0 Å². The summed E-state index contributed by atoms with van der Waals surface area (Å²) in [6.45, 7) is 0. The highest BCUT2D eigenvalue weighted by Gasteiger charge is 2.34. The van der Waals surface area contributed by atoms with E-state index in [1.54, 1.807) is 0 Å². The van der Waals surface area contributed by atoms with Gasteiger partial charge in [-0.15, -0.1) is 0 Å². The molecule has 0 spiro atoms. The van der Waals surface area contributed by atoms with Gasteiger partial charge in [0.15, 0.2) is 4.90 Å². The lowest BCUT2D eigenvalue weighted by Crippen LogP contribution is -2.18. The Morgan fingerprint density at radius 2 is 2.06 bits per heavy atom. The molecule has 7 nitrogen and oxygen atoms in total. The second kappa shape index (κ2) is 4.58. The second-order valence-corrected chi connectivity index (χ2v) is 5.12. The molecular formula is C6H4BrF2N3O4S. The zero-order valence-electron chi connectivity index (χ0n) is 7.80. The van der Waals surface area contributed by atoms with Gasteiger partial charge in [-0.3, -0.25) is 15.1 Å². The number of nitrogens with two attached hydrogens (primary N) is 1. The first kappa shape index (κ1) is 13.9. The van der Waals surface area contributed by atoms with E-state index in [9.17, 15) is 27.3 Å². The molecule has 17 heavy (non-hydrogen) atoms. The van der Waals surface area contributed by atoms with Crippen molar-refractivity contribution >= 4 is 31.6 Å². The van der Waals surface area contributed by atoms with E-state index < -0.39 is 37.6 Å². The fourth-order valence-electron chi connectivity index (χ4n) is 1.08. The number of pyridine rings is 1. The van der Waals surface area contributed by atoms with Crippen LogP contribution < -0.4 is 5.14 Å². The molecule has 1 aromatic rings. The molecule has 0 aromatic carbocycles. The number of hydrogen-bond acceptors (Lipinski definition) is 5. The summed E-state index contributed by atoms with van der Waals surface area (Å²) < 4.78 is 46.9. The molecule has 0 atom stereocenters. The SMILES string of the molecule is NS(=O)(=O)c1c(C(F)F)ncc(Br)c1[N+](=O)[O-]. The highest BCUT2D eigenvalue weighted by Crippen LogP contribution is 2.36. The molecule has 0 aliphatic carbocycles.